The molecule has 6 nitrogen and oxygen atoms in total. The highest BCUT2D eigenvalue weighted by atomic mass is 35.5. The smallest absolute Gasteiger partial charge is 0.291 e. The van der Waals surface area contributed by atoms with E-state index in [9.17, 15) is 4.79 Å². The summed E-state index contributed by atoms with van der Waals surface area (Å²) >= 11 is 5.90. The summed E-state index contributed by atoms with van der Waals surface area (Å²) in [7, 11) is 1.60. The summed E-state index contributed by atoms with van der Waals surface area (Å²) in [5.41, 5.74) is 4.18. The standard InChI is InChI=1S/C16H13ClN4O2/c1-23-13-5-2-11(3-6-13)8-18-20-16(22)14-10-21-9-12(17)4-7-15(21)19-14/h2-10H,1H3,(H,20,22)/b18-8+. The molecule has 2 heterocycles. The minimum atomic E-state index is -0.394. The van der Waals surface area contributed by atoms with Crippen LogP contribution in [-0.4, -0.2) is 28.6 Å². The summed E-state index contributed by atoms with van der Waals surface area (Å²) in [6.45, 7) is 0. The number of hydrazone groups is 1. The predicted octanol–water partition coefficient (Wildman–Crippen LogP) is 2.76. The fourth-order valence-electron chi connectivity index (χ4n) is 1.99. The maximum absolute atomic E-state index is 12.0. The van der Waals surface area contributed by atoms with E-state index in [1.165, 1.54) is 0 Å². The fraction of sp³-hybridized carbons (Fsp3) is 0.0625. The first kappa shape index (κ1) is 15.1. The van der Waals surface area contributed by atoms with Gasteiger partial charge in [0, 0.05) is 12.4 Å². The van der Waals surface area contributed by atoms with Crippen molar-refractivity contribution in [1.82, 2.24) is 14.8 Å². The van der Waals surface area contributed by atoms with E-state index in [4.69, 9.17) is 16.3 Å². The average molecular weight is 329 g/mol. The lowest BCUT2D eigenvalue weighted by atomic mass is 10.2. The molecule has 1 amide bonds. The quantitative estimate of drug-likeness (QED) is 0.591. The van der Waals surface area contributed by atoms with Crippen LogP contribution in [0.4, 0.5) is 0 Å². The van der Waals surface area contributed by atoms with Crippen molar-refractivity contribution >= 4 is 29.4 Å². The fourth-order valence-corrected chi connectivity index (χ4v) is 2.15. The number of hydrogen-bond acceptors (Lipinski definition) is 4. The van der Waals surface area contributed by atoms with Crippen LogP contribution in [-0.2, 0) is 0 Å². The van der Waals surface area contributed by atoms with Crippen LogP contribution < -0.4 is 10.2 Å². The Labute approximate surface area is 137 Å². The van der Waals surface area contributed by atoms with E-state index in [1.807, 2.05) is 24.3 Å². The van der Waals surface area contributed by atoms with Gasteiger partial charge in [-0.15, -0.1) is 0 Å². The van der Waals surface area contributed by atoms with Gasteiger partial charge in [0.05, 0.1) is 18.3 Å². The highest BCUT2D eigenvalue weighted by Gasteiger charge is 2.09. The van der Waals surface area contributed by atoms with Gasteiger partial charge in [0.1, 0.15) is 17.1 Å². The second kappa shape index (κ2) is 6.50. The number of benzene rings is 1. The normalized spacial score (nSPS) is 11.0. The molecule has 1 N–H and O–H groups in total. The Kier molecular flexibility index (Phi) is 4.25. The van der Waals surface area contributed by atoms with Crippen LogP contribution in [0.15, 0.2) is 53.9 Å². The molecular formula is C16H13ClN4O2. The molecule has 0 aliphatic rings. The van der Waals surface area contributed by atoms with Gasteiger partial charge in [-0.3, -0.25) is 4.79 Å². The molecule has 0 saturated carbocycles. The molecule has 7 heteroatoms. The van der Waals surface area contributed by atoms with E-state index < -0.39 is 5.91 Å². The highest BCUT2D eigenvalue weighted by Crippen LogP contribution is 2.12. The second-order valence-electron chi connectivity index (χ2n) is 4.71. The minimum absolute atomic E-state index is 0.263. The number of hydrogen-bond donors (Lipinski definition) is 1. The monoisotopic (exact) mass is 328 g/mol. The number of carbonyl (C=O) groups excluding carboxylic acids is 1. The van der Waals surface area contributed by atoms with Gasteiger partial charge in [0.25, 0.3) is 5.91 Å². The number of pyridine rings is 1. The Morgan fingerprint density at radius 1 is 1.26 bits per heavy atom. The van der Waals surface area contributed by atoms with E-state index in [0.717, 1.165) is 11.3 Å². The molecule has 0 radical (unpaired) electrons. The van der Waals surface area contributed by atoms with E-state index in [0.29, 0.717) is 10.7 Å². The van der Waals surface area contributed by atoms with Crippen molar-refractivity contribution in [3.05, 3.63) is 65.1 Å². The third kappa shape index (κ3) is 3.49. The first-order chi connectivity index (χ1) is 11.2. The maximum Gasteiger partial charge on any atom is 0.291 e. The number of ether oxygens (including phenoxy) is 1. The first-order valence-corrected chi connectivity index (χ1v) is 7.15. The Balaban J connectivity index is 1.68. The second-order valence-corrected chi connectivity index (χ2v) is 5.15. The first-order valence-electron chi connectivity index (χ1n) is 6.77. The van der Waals surface area contributed by atoms with Gasteiger partial charge in [-0.05, 0) is 42.0 Å². The van der Waals surface area contributed by atoms with Gasteiger partial charge >= 0.3 is 0 Å². The van der Waals surface area contributed by atoms with Crippen LogP contribution in [0.1, 0.15) is 16.1 Å². The van der Waals surface area contributed by atoms with Crippen LogP contribution in [0.25, 0.3) is 5.65 Å². The lowest BCUT2D eigenvalue weighted by Gasteiger charge is -1.99. The summed E-state index contributed by atoms with van der Waals surface area (Å²) in [5, 5.41) is 4.49. The van der Waals surface area contributed by atoms with Crippen molar-refractivity contribution in [1.29, 1.82) is 0 Å². The molecule has 0 fully saturated rings. The topological polar surface area (TPSA) is 68.0 Å². The number of methoxy groups -OCH3 is 1. The third-order valence-electron chi connectivity index (χ3n) is 3.14. The molecule has 2 aromatic heterocycles. The van der Waals surface area contributed by atoms with Crippen LogP contribution in [0.5, 0.6) is 5.75 Å². The molecule has 23 heavy (non-hydrogen) atoms. The SMILES string of the molecule is COc1ccc(/C=N/NC(=O)c2cn3cc(Cl)ccc3n2)cc1. The van der Waals surface area contributed by atoms with Crippen LogP contribution in [0, 0.1) is 0 Å². The molecule has 1 aromatic carbocycles. The Hall–Kier alpha value is -2.86. The summed E-state index contributed by atoms with van der Waals surface area (Å²) in [4.78, 5) is 16.2. The summed E-state index contributed by atoms with van der Waals surface area (Å²) in [6.07, 6.45) is 4.82. The molecule has 3 aromatic rings. The van der Waals surface area contributed by atoms with E-state index in [-0.39, 0.29) is 5.69 Å². The summed E-state index contributed by atoms with van der Waals surface area (Å²) in [6, 6.07) is 10.8. The number of imidazole rings is 1. The van der Waals surface area contributed by atoms with Crippen LogP contribution >= 0.6 is 11.6 Å². The Morgan fingerprint density at radius 3 is 2.78 bits per heavy atom. The van der Waals surface area contributed by atoms with Gasteiger partial charge in [0.2, 0.25) is 0 Å². The molecule has 116 valence electrons. The molecule has 0 atom stereocenters. The van der Waals surface area contributed by atoms with Crippen molar-refractivity contribution in [2.45, 2.75) is 0 Å². The van der Waals surface area contributed by atoms with Gasteiger partial charge in [-0.1, -0.05) is 11.6 Å². The van der Waals surface area contributed by atoms with Crippen molar-refractivity contribution in [2.24, 2.45) is 5.10 Å². The zero-order valence-corrected chi connectivity index (χ0v) is 13.0. The Bertz CT molecular complexity index is 871. The zero-order valence-electron chi connectivity index (χ0n) is 12.2. The Morgan fingerprint density at radius 2 is 2.04 bits per heavy atom. The number of rotatable bonds is 4. The molecule has 3 rings (SSSR count). The van der Waals surface area contributed by atoms with Gasteiger partial charge < -0.3 is 9.14 Å². The number of fused-ring (bicyclic) bond motifs is 1. The number of amides is 1. The third-order valence-corrected chi connectivity index (χ3v) is 3.37. The number of halogens is 1. The predicted molar refractivity (Wildman–Crippen MR) is 88.3 cm³/mol. The van der Waals surface area contributed by atoms with Gasteiger partial charge in [0.15, 0.2) is 0 Å². The van der Waals surface area contributed by atoms with Crippen LogP contribution in [0.3, 0.4) is 0 Å². The lowest BCUT2D eigenvalue weighted by Crippen LogP contribution is -2.17. The summed E-state index contributed by atoms with van der Waals surface area (Å²) < 4.78 is 6.76. The average Bonchev–Trinajstić information content (AvgIpc) is 2.98. The zero-order chi connectivity index (χ0) is 16.2. The minimum Gasteiger partial charge on any atom is -0.497 e. The van der Waals surface area contributed by atoms with E-state index >= 15 is 0 Å². The van der Waals surface area contributed by atoms with Crippen molar-refractivity contribution < 1.29 is 9.53 Å². The molecule has 0 unspecified atom stereocenters. The van der Waals surface area contributed by atoms with E-state index in [2.05, 4.69) is 15.5 Å². The number of aromatic nitrogens is 2. The van der Waals surface area contributed by atoms with Crippen molar-refractivity contribution in [2.75, 3.05) is 7.11 Å². The van der Waals surface area contributed by atoms with Crippen molar-refractivity contribution in [3.8, 4) is 5.75 Å². The van der Waals surface area contributed by atoms with Crippen molar-refractivity contribution in [3.63, 3.8) is 0 Å². The number of nitrogens with one attached hydrogen (secondary N) is 1. The molecule has 0 saturated heterocycles. The van der Waals surface area contributed by atoms with E-state index in [1.54, 1.807) is 42.3 Å². The largest absolute Gasteiger partial charge is 0.497 e. The molecular weight excluding hydrogens is 316 g/mol. The maximum atomic E-state index is 12.0. The van der Waals surface area contributed by atoms with Gasteiger partial charge in [-0.25, -0.2) is 10.4 Å². The molecule has 0 bridgehead atoms. The number of nitrogens with zero attached hydrogens (tertiary/aromatic N) is 3. The lowest BCUT2D eigenvalue weighted by molar-refractivity contribution is 0.0951. The molecule has 0 aliphatic heterocycles. The number of carbonyl (C=O) groups is 1. The molecule has 0 aliphatic carbocycles. The molecule has 0 spiro atoms. The van der Waals surface area contributed by atoms with Gasteiger partial charge in [-0.2, -0.15) is 5.10 Å². The summed E-state index contributed by atoms with van der Waals surface area (Å²) in [5.74, 6) is 0.365. The highest BCUT2D eigenvalue weighted by molar-refractivity contribution is 6.30. The van der Waals surface area contributed by atoms with Crippen LogP contribution in [0.2, 0.25) is 5.02 Å².